The lowest BCUT2D eigenvalue weighted by molar-refractivity contribution is -0.121. The zero-order chi connectivity index (χ0) is 13.0. The molecular formula is C11H14Cl2N2O2. The molecule has 0 saturated carbocycles. The second kappa shape index (κ2) is 6.19. The zero-order valence-electron chi connectivity index (χ0n) is 9.88. The van der Waals surface area contributed by atoms with E-state index in [0.717, 1.165) is 5.56 Å². The van der Waals surface area contributed by atoms with Gasteiger partial charge in [-0.3, -0.25) is 4.79 Å². The third-order valence-corrected chi connectivity index (χ3v) is 2.42. The van der Waals surface area contributed by atoms with E-state index in [1.807, 2.05) is 13.8 Å². The minimum atomic E-state index is -0.271. The summed E-state index contributed by atoms with van der Waals surface area (Å²) in [5.74, 6) is -0.271. The number of carbonyl (C=O) groups excluding carboxylic acids is 1. The van der Waals surface area contributed by atoms with E-state index in [-0.39, 0.29) is 23.8 Å². The van der Waals surface area contributed by atoms with Crippen LogP contribution in [-0.2, 0) is 9.53 Å². The van der Waals surface area contributed by atoms with Crippen LogP contribution < -0.4 is 5.32 Å². The van der Waals surface area contributed by atoms with Crippen molar-refractivity contribution in [1.82, 2.24) is 4.98 Å². The highest BCUT2D eigenvalue weighted by atomic mass is 35.5. The normalized spacial score (nSPS) is 10.7. The molecule has 0 aliphatic carbocycles. The number of halogens is 2. The maximum absolute atomic E-state index is 11.6. The summed E-state index contributed by atoms with van der Waals surface area (Å²) in [4.78, 5) is 15.4. The largest absolute Gasteiger partial charge is 0.369 e. The Bertz CT molecular complexity index is 399. The Hall–Kier alpha value is -0.840. The minimum Gasteiger partial charge on any atom is -0.369 e. The van der Waals surface area contributed by atoms with Crippen LogP contribution in [0.3, 0.4) is 0 Å². The number of aryl methyl sites for hydroxylation is 1. The zero-order valence-corrected chi connectivity index (χ0v) is 11.4. The van der Waals surface area contributed by atoms with Crippen LogP contribution in [0.2, 0.25) is 10.3 Å². The van der Waals surface area contributed by atoms with Gasteiger partial charge in [0.25, 0.3) is 0 Å². The summed E-state index contributed by atoms with van der Waals surface area (Å²) in [5.41, 5.74) is 1.22. The number of rotatable bonds is 4. The SMILES string of the molecule is Cc1cc(Cl)nc(Cl)c1NC(=O)COC(C)C. The summed E-state index contributed by atoms with van der Waals surface area (Å²) in [6, 6.07) is 1.63. The molecule has 1 heterocycles. The fraction of sp³-hybridized carbons (Fsp3) is 0.455. The standard InChI is InChI=1S/C11H14Cl2N2O2/c1-6(2)17-5-9(16)15-10-7(3)4-8(12)14-11(10)13/h4,6H,5H2,1-3H3,(H,15,16). The Kier molecular flexibility index (Phi) is 5.18. The van der Waals surface area contributed by atoms with Crippen LogP contribution in [0.4, 0.5) is 5.69 Å². The van der Waals surface area contributed by atoms with E-state index < -0.39 is 0 Å². The molecule has 0 spiro atoms. The smallest absolute Gasteiger partial charge is 0.250 e. The van der Waals surface area contributed by atoms with Crippen LogP contribution in [0.25, 0.3) is 0 Å². The topological polar surface area (TPSA) is 51.2 Å². The van der Waals surface area contributed by atoms with E-state index in [9.17, 15) is 4.79 Å². The first-order valence-electron chi connectivity index (χ1n) is 5.14. The van der Waals surface area contributed by atoms with Crippen LogP contribution in [0.1, 0.15) is 19.4 Å². The number of pyridine rings is 1. The van der Waals surface area contributed by atoms with Gasteiger partial charge in [-0.25, -0.2) is 4.98 Å². The van der Waals surface area contributed by atoms with Gasteiger partial charge in [0.15, 0.2) is 5.15 Å². The lowest BCUT2D eigenvalue weighted by atomic mass is 10.2. The fourth-order valence-electron chi connectivity index (χ4n) is 1.16. The molecule has 6 heteroatoms. The average Bonchev–Trinajstić information content (AvgIpc) is 2.20. The maximum Gasteiger partial charge on any atom is 0.250 e. The second-order valence-corrected chi connectivity index (χ2v) is 4.58. The summed E-state index contributed by atoms with van der Waals surface area (Å²) in [6.45, 7) is 5.49. The Morgan fingerprint density at radius 3 is 2.71 bits per heavy atom. The number of hydrogen-bond acceptors (Lipinski definition) is 3. The molecule has 1 aromatic heterocycles. The molecule has 0 radical (unpaired) electrons. The molecule has 0 saturated heterocycles. The summed E-state index contributed by atoms with van der Waals surface area (Å²) in [6.07, 6.45) is 0.000613. The molecule has 0 bridgehead atoms. The molecular weight excluding hydrogens is 263 g/mol. The van der Waals surface area contributed by atoms with Gasteiger partial charge in [0.05, 0.1) is 11.8 Å². The monoisotopic (exact) mass is 276 g/mol. The first-order valence-corrected chi connectivity index (χ1v) is 5.90. The average molecular weight is 277 g/mol. The predicted molar refractivity (Wildman–Crippen MR) is 68.7 cm³/mol. The van der Waals surface area contributed by atoms with Crippen molar-refractivity contribution in [2.45, 2.75) is 26.9 Å². The molecule has 0 aromatic carbocycles. The van der Waals surface area contributed by atoms with Crippen molar-refractivity contribution >= 4 is 34.8 Å². The van der Waals surface area contributed by atoms with E-state index in [1.54, 1.807) is 13.0 Å². The molecule has 1 rings (SSSR count). The summed E-state index contributed by atoms with van der Waals surface area (Å²) >= 11 is 11.6. The number of carbonyl (C=O) groups is 1. The Balaban J connectivity index is 2.72. The van der Waals surface area contributed by atoms with Gasteiger partial charge >= 0.3 is 0 Å². The van der Waals surface area contributed by atoms with Crippen LogP contribution >= 0.6 is 23.2 Å². The van der Waals surface area contributed by atoms with E-state index in [1.165, 1.54) is 0 Å². The van der Waals surface area contributed by atoms with E-state index in [0.29, 0.717) is 10.8 Å². The molecule has 0 aliphatic heterocycles. The predicted octanol–water partition coefficient (Wildman–Crippen LogP) is 3.06. The molecule has 0 fully saturated rings. The van der Waals surface area contributed by atoms with Crippen molar-refractivity contribution in [2.75, 3.05) is 11.9 Å². The molecule has 1 N–H and O–H groups in total. The molecule has 1 amide bonds. The van der Waals surface area contributed by atoms with Crippen LogP contribution in [0.5, 0.6) is 0 Å². The van der Waals surface area contributed by atoms with Crippen molar-refractivity contribution in [3.8, 4) is 0 Å². The van der Waals surface area contributed by atoms with Crippen molar-refractivity contribution in [3.63, 3.8) is 0 Å². The number of hydrogen-bond donors (Lipinski definition) is 1. The van der Waals surface area contributed by atoms with E-state index >= 15 is 0 Å². The van der Waals surface area contributed by atoms with E-state index in [4.69, 9.17) is 27.9 Å². The van der Waals surface area contributed by atoms with Gasteiger partial charge in [0.1, 0.15) is 11.8 Å². The maximum atomic E-state index is 11.6. The number of nitrogens with one attached hydrogen (secondary N) is 1. The van der Waals surface area contributed by atoms with Gasteiger partial charge in [0.2, 0.25) is 5.91 Å². The van der Waals surface area contributed by atoms with Gasteiger partial charge in [-0.15, -0.1) is 0 Å². The van der Waals surface area contributed by atoms with Crippen molar-refractivity contribution in [2.24, 2.45) is 0 Å². The van der Waals surface area contributed by atoms with Gasteiger partial charge in [0, 0.05) is 0 Å². The summed E-state index contributed by atoms with van der Waals surface area (Å²) < 4.78 is 5.18. The highest BCUT2D eigenvalue weighted by Gasteiger charge is 2.11. The Morgan fingerprint density at radius 2 is 2.18 bits per heavy atom. The molecule has 1 aromatic rings. The Morgan fingerprint density at radius 1 is 1.53 bits per heavy atom. The van der Waals surface area contributed by atoms with Crippen molar-refractivity contribution in [1.29, 1.82) is 0 Å². The summed E-state index contributed by atoms with van der Waals surface area (Å²) in [7, 11) is 0. The van der Waals surface area contributed by atoms with Crippen LogP contribution in [-0.4, -0.2) is 23.6 Å². The van der Waals surface area contributed by atoms with Gasteiger partial charge < -0.3 is 10.1 Å². The first kappa shape index (κ1) is 14.2. The highest BCUT2D eigenvalue weighted by Crippen LogP contribution is 2.26. The lowest BCUT2D eigenvalue weighted by Crippen LogP contribution is -2.21. The number of aromatic nitrogens is 1. The molecule has 0 aliphatic rings. The molecule has 0 unspecified atom stereocenters. The number of ether oxygens (including phenoxy) is 1. The van der Waals surface area contributed by atoms with Gasteiger partial charge in [-0.1, -0.05) is 23.2 Å². The van der Waals surface area contributed by atoms with Crippen molar-refractivity contribution < 1.29 is 9.53 Å². The van der Waals surface area contributed by atoms with Crippen molar-refractivity contribution in [3.05, 3.63) is 21.9 Å². The quantitative estimate of drug-likeness (QED) is 0.860. The highest BCUT2D eigenvalue weighted by molar-refractivity contribution is 6.34. The molecule has 4 nitrogen and oxygen atoms in total. The van der Waals surface area contributed by atoms with Gasteiger partial charge in [-0.05, 0) is 32.4 Å². The third kappa shape index (κ3) is 4.50. The first-order chi connectivity index (χ1) is 7.90. The number of anilines is 1. The molecule has 94 valence electrons. The molecule has 17 heavy (non-hydrogen) atoms. The Labute approximate surface area is 110 Å². The van der Waals surface area contributed by atoms with Gasteiger partial charge in [-0.2, -0.15) is 0 Å². The lowest BCUT2D eigenvalue weighted by Gasteiger charge is -2.11. The van der Waals surface area contributed by atoms with E-state index in [2.05, 4.69) is 10.3 Å². The number of amides is 1. The second-order valence-electron chi connectivity index (χ2n) is 3.84. The fourth-order valence-corrected chi connectivity index (χ4v) is 1.74. The van der Waals surface area contributed by atoms with Crippen LogP contribution in [0.15, 0.2) is 6.07 Å². The minimum absolute atomic E-state index is 0.000613. The summed E-state index contributed by atoms with van der Waals surface area (Å²) in [5, 5.41) is 3.11. The third-order valence-electron chi connectivity index (χ3n) is 1.95. The molecule has 0 atom stereocenters. The van der Waals surface area contributed by atoms with Crippen LogP contribution in [0, 0.1) is 6.92 Å². The number of nitrogens with zero attached hydrogens (tertiary/aromatic N) is 1.